The fourth-order valence-electron chi connectivity index (χ4n) is 1.65. The number of thiophene rings is 1. The molecule has 1 atom stereocenters. The number of hydrogen-bond donors (Lipinski definition) is 1. The number of rotatable bonds is 1. The smallest absolute Gasteiger partial charge is 0.102 e. The second-order valence-corrected chi connectivity index (χ2v) is 5.55. The van der Waals surface area contributed by atoms with Gasteiger partial charge in [-0.05, 0) is 23.1 Å². The van der Waals surface area contributed by atoms with Crippen LogP contribution in [0.1, 0.15) is 10.8 Å². The van der Waals surface area contributed by atoms with Crippen LogP contribution in [0.3, 0.4) is 0 Å². The molecule has 2 nitrogen and oxygen atoms in total. The highest BCUT2D eigenvalue weighted by atomic mass is 32.2. The maximum Gasteiger partial charge on any atom is 0.102 e. The van der Waals surface area contributed by atoms with E-state index in [0.717, 1.165) is 6.54 Å². The SMILES string of the molecule is c1cncc(C2CNc3sccc3S2)c1. The van der Waals surface area contributed by atoms with Gasteiger partial charge in [-0.15, -0.1) is 23.1 Å². The van der Waals surface area contributed by atoms with Crippen LogP contribution in [0, 0.1) is 0 Å². The molecule has 0 aromatic carbocycles. The van der Waals surface area contributed by atoms with E-state index < -0.39 is 0 Å². The second kappa shape index (κ2) is 3.87. The van der Waals surface area contributed by atoms with Crippen LogP contribution in [0.25, 0.3) is 0 Å². The Bertz CT molecular complexity index is 453. The van der Waals surface area contributed by atoms with Crippen LogP contribution in [0.5, 0.6) is 0 Å². The predicted molar refractivity (Wildman–Crippen MR) is 65.6 cm³/mol. The Morgan fingerprint density at radius 3 is 3.27 bits per heavy atom. The first kappa shape index (κ1) is 9.24. The standard InChI is InChI=1S/C11H10N2S2/c1-2-8(6-12-4-1)10-7-13-11-9(15-10)3-5-14-11/h1-6,10,13H,7H2. The zero-order valence-electron chi connectivity index (χ0n) is 8.01. The number of anilines is 1. The van der Waals surface area contributed by atoms with Crippen molar-refractivity contribution >= 4 is 28.1 Å². The number of aromatic nitrogens is 1. The molecule has 4 heteroatoms. The molecule has 3 rings (SSSR count). The Labute approximate surface area is 96.7 Å². The lowest BCUT2D eigenvalue weighted by Gasteiger charge is -2.22. The Morgan fingerprint density at radius 2 is 2.40 bits per heavy atom. The highest BCUT2D eigenvalue weighted by molar-refractivity contribution is 8.00. The van der Waals surface area contributed by atoms with Crippen molar-refractivity contribution in [1.29, 1.82) is 0 Å². The third kappa shape index (κ3) is 1.75. The van der Waals surface area contributed by atoms with Crippen molar-refractivity contribution in [2.24, 2.45) is 0 Å². The van der Waals surface area contributed by atoms with Crippen molar-refractivity contribution in [3.8, 4) is 0 Å². The van der Waals surface area contributed by atoms with Gasteiger partial charge in [-0.2, -0.15) is 0 Å². The summed E-state index contributed by atoms with van der Waals surface area (Å²) in [6.45, 7) is 0.990. The van der Waals surface area contributed by atoms with Crippen molar-refractivity contribution in [3.05, 3.63) is 41.5 Å². The molecule has 1 unspecified atom stereocenters. The van der Waals surface area contributed by atoms with E-state index in [0.29, 0.717) is 5.25 Å². The van der Waals surface area contributed by atoms with Gasteiger partial charge in [0.25, 0.3) is 0 Å². The number of hydrogen-bond acceptors (Lipinski definition) is 4. The van der Waals surface area contributed by atoms with E-state index >= 15 is 0 Å². The minimum Gasteiger partial charge on any atom is -0.375 e. The molecular weight excluding hydrogens is 224 g/mol. The molecule has 15 heavy (non-hydrogen) atoms. The summed E-state index contributed by atoms with van der Waals surface area (Å²) in [5.74, 6) is 0. The number of fused-ring (bicyclic) bond motifs is 1. The lowest BCUT2D eigenvalue weighted by molar-refractivity contribution is 0.961. The van der Waals surface area contributed by atoms with E-state index in [4.69, 9.17) is 0 Å². The zero-order valence-corrected chi connectivity index (χ0v) is 9.65. The molecule has 2 aromatic heterocycles. The van der Waals surface area contributed by atoms with Crippen molar-refractivity contribution in [2.45, 2.75) is 10.1 Å². The molecule has 0 bridgehead atoms. The van der Waals surface area contributed by atoms with Crippen LogP contribution >= 0.6 is 23.1 Å². The molecule has 0 fully saturated rings. The van der Waals surface area contributed by atoms with Crippen LogP contribution < -0.4 is 5.32 Å². The quantitative estimate of drug-likeness (QED) is 0.818. The third-order valence-corrected chi connectivity index (χ3v) is 4.72. The molecule has 1 N–H and O–H groups in total. The lowest BCUT2D eigenvalue weighted by Crippen LogP contribution is -2.13. The average molecular weight is 234 g/mol. The first-order valence-electron chi connectivity index (χ1n) is 4.81. The number of nitrogens with zero attached hydrogens (tertiary/aromatic N) is 1. The highest BCUT2D eigenvalue weighted by Gasteiger charge is 2.20. The molecule has 2 aromatic rings. The fourth-order valence-corrected chi connectivity index (χ4v) is 3.79. The zero-order chi connectivity index (χ0) is 10.1. The lowest BCUT2D eigenvalue weighted by atomic mass is 10.2. The van der Waals surface area contributed by atoms with Crippen LogP contribution in [0.15, 0.2) is 40.9 Å². The van der Waals surface area contributed by atoms with Crippen molar-refractivity contribution in [3.63, 3.8) is 0 Å². The molecule has 0 radical (unpaired) electrons. The maximum atomic E-state index is 4.16. The second-order valence-electron chi connectivity index (χ2n) is 3.39. The van der Waals surface area contributed by atoms with E-state index in [1.807, 2.05) is 30.2 Å². The first-order valence-corrected chi connectivity index (χ1v) is 6.57. The molecular formula is C11H10N2S2. The maximum absolute atomic E-state index is 4.16. The summed E-state index contributed by atoms with van der Waals surface area (Å²) < 4.78 is 0. The minimum atomic E-state index is 0.487. The third-order valence-electron chi connectivity index (χ3n) is 2.40. The normalized spacial score (nSPS) is 19.3. The largest absolute Gasteiger partial charge is 0.375 e. The van der Waals surface area contributed by atoms with Gasteiger partial charge in [0.1, 0.15) is 5.00 Å². The summed E-state index contributed by atoms with van der Waals surface area (Å²) in [5.41, 5.74) is 1.30. The molecule has 0 saturated carbocycles. The summed E-state index contributed by atoms with van der Waals surface area (Å²) in [4.78, 5) is 5.53. The Balaban J connectivity index is 1.88. The molecule has 0 amide bonds. The Hall–Kier alpha value is -1.00. The van der Waals surface area contributed by atoms with Crippen LogP contribution in [0.2, 0.25) is 0 Å². The van der Waals surface area contributed by atoms with E-state index in [-0.39, 0.29) is 0 Å². The molecule has 0 saturated heterocycles. The summed E-state index contributed by atoms with van der Waals surface area (Å²) in [5, 5.41) is 7.39. The van der Waals surface area contributed by atoms with Crippen LogP contribution in [-0.2, 0) is 0 Å². The molecule has 76 valence electrons. The van der Waals surface area contributed by atoms with Gasteiger partial charge >= 0.3 is 0 Å². The van der Waals surface area contributed by atoms with Gasteiger partial charge < -0.3 is 5.32 Å². The predicted octanol–water partition coefficient (Wildman–Crippen LogP) is 3.40. The summed E-state index contributed by atoms with van der Waals surface area (Å²) in [6.07, 6.45) is 3.77. The molecule has 1 aliphatic heterocycles. The number of pyridine rings is 1. The van der Waals surface area contributed by atoms with Gasteiger partial charge in [0, 0.05) is 23.8 Å². The summed E-state index contributed by atoms with van der Waals surface area (Å²) in [6, 6.07) is 6.32. The van der Waals surface area contributed by atoms with Gasteiger partial charge in [0.15, 0.2) is 0 Å². The van der Waals surface area contributed by atoms with Gasteiger partial charge in [-0.25, -0.2) is 0 Å². The van der Waals surface area contributed by atoms with E-state index in [9.17, 15) is 0 Å². The molecule has 0 aliphatic carbocycles. The number of nitrogens with one attached hydrogen (secondary N) is 1. The van der Waals surface area contributed by atoms with Crippen molar-refractivity contribution in [2.75, 3.05) is 11.9 Å². The summed E-state index contributed by atoms with van der Waals surface area (Å²) >= 11 is 3.70. The van der Waals surface area contributed by atoms with Crippen molar-refractivity contribution < 1.29 is 0 Å². The first-order chi connectivity index (χ1) is 7.43. The van der Waals surface area contributed by atoms with Gasteiger partial charge in [0.2, 0.25) is 0 Å². The fraction of sp³-hybridized carbons (Fsp3) is 0.182. The molecule has 1 aliphatic rings. The summed E-state index contributed by atoms with van der Waals surface area (Å²) in [7, 11) is 0. The van der Waals surface area contributed by atoms with Gasteiger partial charge in [-0.3, -0.25) is 4.98 Å². The van der Waals surface area contributed by atoms with E-state index in [1.54, 1.807) is 11.3 Å². The highest BCUT2D eigenvalue weighted by Crippen LogP contribution is 2.45. The molecule has 3 heterocycles. The van der Waals surface area contributed by atoms with E-state index in [2.05, 4.69) is 27.8 Å². The van der Waals surface area contributed by atoms with Gasteiger partial charge in [-0.1, -0.05) is 6.07 Å². The van der Waals surface area contributed by atoms with Gasteiger partial charge in [0.05, 0.1) is 5.25 Å². The molecule has 0 spiro atoms. The van der Waals surface area contributed by atoms with E-state index in [1.165, 1.54) is 15.5 Å². The van der Waals surface area contributed by atoms with Crippen LogP contribution in [-0.4, -0.2) is 11.5 Å². The topological polar surface area (TPSA) is 24.9 Å². The van der Waals surface area contributed by atoms with Crippen molar-refractivity contribution in [1.82, 2.24) is 4.98 Å². The monoisotopic (exact) mass is 234 g/mol. The minimum absolute atomic E-state index is 0.487. The average Bonchev–Trinajstić information content (AvgIpc) is 2.77. The Morgan fingerprint density at radius 1 is 1.40 bits per heavy atom. The number of thioether (sulfide) groups is 1. The Kier molecular flexibility index (Phi) is 2.38. The van der Waals surface area contributed by atoms with Crippen LogP contribution in [0.4, 0.5) is 5.00 Å².